The number of terminal acetylenes is 1. The number of carbonyl (C=O) groups is 1. The highest BCUT2D eigenvalue weighted by atomic mass is 16.5. The van der Waals surface area contributed by atoms with E-state index in [0.29, 0.717) is 19.8 Å². The fraction of sp³-hybridized carbons (Fsp3) is 0.750. The molecule has 0 unspecified atom stereocenters. The van der Waals surface area contributed by atoms with E-state index in [2.05, 4.69) is 5.92 Å². The highest BCUT2D eigenvalue weighted by Crippen LogP contribution is 2.02. The lowest BCUT2D eigenvalue weighted by Crippen LogP contribution is -2.11. The van der Waals surface area contributed by atoms with Gasteiger partial charge in [-0.1, -0.05) is 12.8 Å². The summed E-state index contributed by atoms with van der Waals surface area (Å²) in [5.41, 5.74) is 0. The standard InChI is InChI=1S/C12H20O4/c1-2-3-4-5-6-7-8-15-9-10-16-11-12(13)14/h1H,3-11H2,(H,13,14). The Hall–Kier alpha value is -1.05. The summed E-state index contributed by atoms with van der Waals surface area (Å²) in [5, 5.41) is 8.28. The molecule has 92 valence electrons. The van der Waals surface area contributed by atoms with Gasteiger partial charge in [0, 0.05) is 13.0 Å². The Morgan fingerprint density at radius 2 is 1.75 bits per heavy atom. The molecule has 4 nitrogen and oxygen atoms in total. The number of hydrogen-bond acceptors (Lipinski definition) is 3. The van der Waals surface area contributed by atoms with Crippen LogP contribution in [0.3, 0.4) is 0 Å². The Balaban J connectivity index is 2.94. The van der Waals surface area contributed by atoms with E-state index in [1.54, 1.807) is 0 Å². The maximum Gasteiger partial charge on any atom is 0.329 e. The van der Waals surface area contributed by atoms with Gasteiger partial charge in [0.05, 0.1) is 13.2 Å². The first-order valence-corrected chi connectivity index (χ1v) is 5.58. The third-order valence-electron chi connectivity index (χ3n) is 1.96. The molecule has 0 aromatic rings. The highest BCUT2D eigenvalue weighted by molar-refractivity contribution is 5.67. The molecule has 0 bridgehead atoms. The molecule has 0 rings (SSSR count). The minimum atomic E-state index is -0.950. The second-order valence-corrected chi connectivity index (χ2v) is 3.43. The number of ether oxygens (including phenoxy) is 2. The largest absolute Gasteiger partial charge is 0.480 e. The molecule has 0 spiro atoms. The molecule has 0 aromatic heterocycles. The van der Waals surface area contributed by atoms with Crippen molar-refractivity contribution < 1.29 is 19.4 Å². The van der Waals surface area contributed by atoms with Gasteiger partial charge in [0.2, 0.25) is 0 Å². The summed E-state index contributed by atoms with van der Waals surface area (Å²) in [4.78, 5) is 10.1. The van der Waals surface area contributed by atoms with E-state index in [9.17, 15) is 4.79 Å². The molecule has 0 atom stereocenters. The van der Waals surface area contributed by atoms with Crippen molar-refractivity contribution >= 4 is 5.97 Å². The summed E-state index contributed by atoms with van der Waals surface area (Å²) in [6, 6.07) is 0. The SMILES string of the molecule is C#CCCCCCCOCCOCC(=O)O. The average Bonchev–Trinajstić information content (AvgIpc) is 2.25. The van der Waals surface area contributed by atoms with Crippen molar-refractivity contribution in [1.82, 2.24) is 0 Å². The van der Waals surface area contributed by atoms with E-state index < -0.39 is 5.97 Å². The number of aliphatic carboxylic acids is 1. The maximum absolute atomic E-state index is 10.1. The molecule has 0 aliphatic heterocycles. The fourth-order valence-electron chi connectivity index (χ4n) is 1.16. The molecule has 1 N–H and O–H groups in total. The molecular weight excluding hydrogens is 208 g/mol. The van der Waals surface area contributed by atoms with Crippen molar-refractivity contribution in [3.05, 3.63) is 0 Å². The van der Waals surface area contributed by atoms with E-state index in [-0.39, 0.29) is 6.61 Å². The van der Waals surface area contributed by atoms with Crippen molar-refractivity contribution in [2.45, 2.75) is 32.1 Å². The van der Waals surface area contributed by atoms with E-state index in [1.807, 2.05) is 0 Å². The van der Waals surface area contributed by atoms with Gasteiger partial charge in [0.1, 0.15) is 6.61 Å². The minimum Gasteiger partial charge on any atom is -0.480 e. The second kappa shape index (κ2) is 12.0. The summed E-state index contributed by atoms with van der Waals surface area (Å²) < 4.78 is 10.1. The molecule has 0 amide bonds. The molecule has 0 radical (unpaired) electrons. The monoisotopic (exact) mass is 228 g/mol. The molecule has 0 heterocycles. The van der Waals surface area contributed by atoms with Crippen LogP contribution in [0.1, 0.15) is 32.1 Å². The van der Waals surface area contributed by atoms with Crippen LogP contribution in [0.4, 0.5) is 0 Å². The quantitative estimate of drug-likeness (QED) is 0.432. The molecule has 16 heavy (non-hydrogen) atoms. The van der Waals surface area contributed by atoms with Crippen LogP contribution in [-0.2, 0) is 14.3 Å². The normalized spacial score (nSPS) is 9.94. The number of carboxylic acid groups (broad SMARTS) is 1. The van der Waals surface area contributed by atoms with Gasteiger partial charge < -0.3 is 14.6 Å². The zero-order chi connectivity index (χ0) is 12.1. The third kappa shape index (κ3) is 12.9. The Labute approximate surface area is 96.9 Å². The van der Waals surface area contributed by atoms with Gasteiger partial charge in [-0.25, -0.2) is 4.79 Å². The Kier molecular flexibility index (Phi) is 11.2. The lowest BCUT2D eigenvalue weighted by molar-refractivity contribution is -0.142. The van der Waals surface area contributed by atoms with Gasteiger partial charge in [0.25, 0.3) is 0 Å². The van der Waals surface area contributed by atoms with Crippen molar-refractivity contribution in [1.29, 1.82) is 0 Å². The topological polar surface area (TPSA) is 55.8 Å². The van der Waals surface area contributed by atoms with Crippen LogP contribution in [0.5, 0.6) is 0 Å². The summed E-state index contributed by atoms with van der Waals surface area (Å²) in [6.45, 7) is 1.24. The number of unbranched alkanes of at least 4 members (excludes halogenated alkanes) is 4. The van der Waals surface area contributed by atoms with E-state index in [4.69, 9.17) is 21.0 Å². The van der Waals surface area contributed by atoms with E-state index in [0.717, 1.165) is 32.1 Å². The van der Waals surface area contributed by atoms with Crippen molar-refractivity contribution in [2.75, 3.05) is 26.4 Å². The summed E-state index contributed by atoms with van der Waals surface area (Å²) in [7, 11) is 0. The lowest BCUT2D eigenvalue weighted by atomic mass is 10.1. The van der Waals surface area contributed by atoms with Crippen LogP contribution in [0.15, 0.2) is 0 Å². The first-order valence-electron chi connectivity index (χ1n) is 5.58. The molecule has 0 saturated carbocycles. The highest BCUT2D eigenvalue weighted by Gasteiger charge is 1.95. The minimum absolute atomic E-state index is 0.255. The van der Waals surface area contributed by atoms with Crippen LogP contribution in [-0.4, -0.2) is 37.5 Å². The van der Waals surface area contributed by atoms with Crippen molar-refractivity contribution in [2.24, 2.45) is 0 Å². The van der Waals surface area contributed by atoms with Gasteiger partial charge in [-0.05, 0) is 12.8 Å². The number of carboxylic acids is 1. The van der Waals surface area contributed by atoms with Crippen LogP contribution >= 0.6 is 0 Å². The van der Waals surface area contributed by atoms with E-state index in [1.165, 1.54) is 0 Å². The molecule has 4 heteroatoms. The zero-order valence-corrected chi connectivity index (χ0v) is 9.61. The van der Waals surface area contributed by atoms with Crippen LogP contribution in [0.2, 0.25) is 0 Å². The van der Waals surface area contributed by atoms with Gasteiger partial charge >= 0.3 is 5.97 Å². The van der Waals surface area contributed by atoms with Crippen LogP contribution in [0.25, 0.3) is 0 Å². The molecule has 0 fully saturated rings. The average molecular weight is 228 g/mol. The molecule has 0 saturated heterocycles. The van der Waals surface area contributed by atoms with E-state index >= 15 is 0 Å². The first-order chi connectivity index (χ1) is 7.77. The van der Waals surface area contributed by atoms with Gasteiger partial charge in [0.15, 0.2) is 0 Å². The second-order valence-electron chi connectivity index (χ2n) is 3.43. The van der Waals surface area contributed by atoms with Gasteiger partial charge in [-0.3, -0.25) is 0 Å². The number of rotatable bonds is 11. The third-order valence-corrected chi connectivity index (χ3v) is 1.96. The fourth-order valence-corrected chi connectivity index (χ4v) is 1.16. The predicted molar refractivity (Wildman–Crippen MR) is 61.2 cm³/mol. The smallest absolute Gasteiger partial charge is 0.329 e. The van der Waals surface area contributed by atoms with Crippen molar-refractivity contribution in [3.63, 3.8) is 0 Å². The predicted octanol–water partition coefficient (Wildman–Crippen LogP) is 1.69. The molecule has 0 aromatic carbocycles. The molecule has 0 aliphatic rings. The first kappa shape index (κ1) is 14.9. The van der Waals surface area contributed by atoms with Gasteiger partial charge in [-0.2, -0.15) is 0 Å². The summed E-state index contributed by atoms with van der Waals surface area (Å²) >= 11 is 0. The van der Waals surface area contributed by atoms with Crippen LogP contribution in [0, 0.1) is 12.3 Å². The maximum atomic E-state index is 10.1. The Bertz CT molecular complexity index is 208. The zero-order valence-electron chi connectivity index (χ0n) is 9.61. The van der Waals surface area contributed by atoms with Gasteiger partial charge in [-0.15, -0.1) is 12.3 Å². The molecule has 0 aliphatic carbocycles. The lowest BCUT2D eigenvalue weighted by Gasteiger charge is -2.04. The molecular formula is C12H20O4. The Morgan fingerprint density at radius 3 is 2.44 bits per heavy atom. The number of hydrogen-bond donors (Lipinski definition) is 1. The Morgan fingerprint density at radius 1 is 1.06 bits per heavy atom. The van der Waals surface area contributed by atoms with Crippen LogP contribution < -0.4 is 0 Å². The summed E-state index contributed by atoms with van der Waals surface area (Å²) in [6.07, 6.45) is 10.3. The van der Waals surface area contributed by atoms with Crippen molar-refractivity contribution in [3.8, 4) is 12.3 Å². The summed E-state index contributed by atoms with van der Waals surface area (Å²) in [5.74, 6) is 1.66.